The van der Waals surface area contributed by atoms with Gasteiger partial charge in [0.15, 0.2) is 9.04 Å². The second-order valence-corrected chi connectivity index (χ2v) is 9.74. The van der Waals surface area contributed by atoms with Gasteiger partial charge in [-0.2, -0.15) is 0 Å². The Morgan fingerprint density at radius 1 is 1.19 bits per heavy atom. The molecule has 0 heterocycles. The van der Waals surface area contributed by atoms with Crippen LogP contribution in [0.25, 0.3) is 0 Å². The Bertz CT molecular complexity index is 363. The minimum Gasteiger partial charge on any atom is -0.480 e. The van der Waals surface area contributed by atoms with Gasteiger partial charge >= 0.3 is 12.1 Å². The lowest BCUT2D eigenvalue weighted by Gasteiger charge is -2.28. The van der Waals surface area contributed by atoms with Crippen LogP contribution < -0.4 is 5.32 Å². The van der Waals surface area contributed by atoms with Gasteiger partial charge in [0, 0.05) is 0 Å². The molecule has 0 aromatic rings. The third-order valence-electron chi connectivity index (χ3n) is 2.54. The van der Waals surface area contributed by atoms with E-state index in [9.17, 15) is 14.7 Å². The lowest BCUT2D eigenvalue weighted by Crippen LogP contribution is -2.46. The van der Waals surface area contributed by atoms with Crippen LogP contribution in [0.4, 0.5) is 4.79 Å². The zero-order valence-corrected chi connectivity index (χ0v) is 15.3. The van der Waals surface area contributed by atoms with Gasteiger partial charge in [0.25, 0.3) is 0 Å². The Labute approximate surface area is 128 Å². The fraction of sp³-hybridized carbons (Fsp3) is 0.857. The number of alkyl carbamates (subject to hydrolysis) is 1. The van der Waals surface area contributed by atoms with E-state index in [0.717, 1.165) is 0 Å². The van der Waals surface area contributed by atoms with Crippen molar-refractivity contribution in [2.75, 3.05) is 6.61 Å². The highest BCUT2D eigenvalue weighted by Gasteiger charge is 2.29. The molecular weight excluding hydrogens is 290 g/mol. The van der Waals surface area contributed by atoms with E-state index in [1.165, 1.54) is 0 Å². The van der Waals surface area contributed by atoms with Gasteiger partial charge in [0.05, 0.1) is 6.61 Å². The molecule has 0 saturated carbocycles. The topological polar surface area (TPSA) is 84.9 Å². The van der Waals surface area contributed by atoms with Crippen molar-refractivity contribution in [3.63, 3.8) is 0 Å². The van der Waals surface area contributed by atoms with Gasteiger partial charge in [0.2, 0.25) is 0 Å². The molecule has 0 aliphatic heterocycles. The van der Waals surface area contributed by atoms with E-state index in [-0.39, 0.29) is 5.41 Å². The summed E-state index contributed by atoms with van der Waals surface area (Å²) in [5.41, 5.74) is -0.996. The monoisotopic (exact) mass is 319 g/mol. The molecule has 7 heteroatoms. The summed E-state index contributed by atoms with van der Waals surface area (Å²) in [6.07, 6.45) is -0.404. The number of hydrogen-bond acceptors (Lipinski definition) is 4. The van der Waals surface area contributed by atoms with E-state index in [2.05, 4.69) is 5.32 Å². The van der Waals surface area contributed by atoms with Gasteiger partial charge in [-0.25, -0.2) is 9.59 Å². The Morgan fingerprint density at radius 3 is 2.10 bits per heavy atom. The molecule has 2 N–H and O–H groups in total. The van der Waals surface area contributed by atoms with Crippen molar-refractivity contribution in [2.45, 2.75) is 65.8 Å². The molecule has 0 saturated heterocycles. The molecule has 0 aromatic carbocycles. The largest absolute Gasteiger partial charge is 0.480 e. The highest BCUT2D eigenvalue weighted by atomic mass is 28.3. The molecule has 0 radical (unpaired) electrons. The van der Waals surface area contributed by atoms with E-state index in [1.54, 1.807) is 13.8 Å². The molecule has 0 fully saturated rings. The van der Waals surface area contributed by atoms with Crippen LogP contribution in [0.5, 0.6) is 0 Å². The number of carbonyl (C=O) groups excluding carboxylic acids is 1. The van der Waals surface area contributed by atoms with Gasteiger partial charge in [-0.3, -0.25) is 0 Å². The van der Waals surface area contributed by atoms with Gasteiger partial charge < -0.3 is 19.6 Å². The molecule has 6 nitrogen and oxygen atoms in total. The zero-order valence-electron chi connectivity index (χ0n) is 14.1. The number of rotatable bonds is 7. The fourth-order valence-corrected chi connectivity index (χ4v) is 2.37. The van der Waals surface area contributed by atoms with Crippen LogP contribution in [0.3, 0.4) is 0 Å². The van der Waals surface area contributed by atoms with Crippen molar-refractivity contribution >= 4 is 21.1 Å². The van der Waals surface area contributed by atoms with Crippen molar-refractivity contribution in [1.29, 1.82) is 0 Å². The van der Waals surface area contributed by atoms with E-state index < -0.39 is 32.7 Å². The number of carbonyl (C=O) groups is 2. The van der Waals surface area contributed by atoms with Gasteiger partial charge in [-0.1, -0.05) is 20.8 Å². The Hall–Kier alpha value is -1.08. The van der Waals surface area contributed by atoms with Gasteiger partial charge in [0.1, 0.15) is 11.6 Å². The minimum absolute atomic E-state index is 0.210. The Morgan fingerprint density at radius 2 is 1.71 bits per heavy atom. The average molecular weight is 319 g/mol. The first kappa shape index (κ1) is 19.9. The molecular formula is C14H29NO5Si. The molecule has 1 atom stereocenters. The number of ether oxygens (including phenoxy) is 1. The van der Waals surface area contributed by atoms with Crippen LogP contribution in [0.2, 0.25) is 13.1 Å². The Balaban J connectivity index is 4.53. The number of nitrogens with one attached hydrogen (secondary N) is 1. The van der Waals surface area contributed by atoms with Gasteiger partial charge in [-0.05, 0) is 38.8 Å². The summed E-state index contributed by atoms with van der Waals surface area (Å²) in [5.74, 6) is -1.06. The lowest BCUT2D eigenvalue weighted by molar-refractivity contribution is -0.140. The fourth-order valence-electron chi connectivity index (χ4n) is 1.63. The quantitative estimate of drug-likeness (QED) is 0.704. The summed E-state index contributed by atoms with van der Waals surface area (Å²) in [5, 5.41) is 11.6. The summed E-state index contributed by atoms with van der Waals surface area (Å²) in [7, 11) is -1.20. The summed E-state index contributed by atoms with van der Waals surface area (Å²) in [6.45, 7) is 13.6. The summed E-state index contributed by atoms with van der Waals surface area (Å²) in [4.78, 5) is 23.1. The van der Waals surface area contributed by atoms with E-state index >= 15 is 0 Å². The minimum atomic E-state index is -1.20. The molecule has 1 unspecified atom stereocenters. The van der Waals surface area contributed by atoms with Crippen molar-refractivity contribution < 1.29 is 23.9 Å². The van der Waals surface area contributed by atoms with E-state index in [1.807, 2.05) is 33.9 Å². The summed E-state index contributed by atoms with van der Waals surface area (Å²) < 4.78 is 10.8. The standard InChI is InChI=1S/C14H29NO5Si/c1-13(2,3)8-10(11(16)17)15-12(18)20-14(4,5)9-19-21(6)7/h10,21H,8-9H2,1-7H3,(H,15,18)(H,16,17). The SMILES string of the molecule is C[SiH](C)OCC(C)(C)OC(=O)NC(CC(C)(C)C)C(=O)O. The smallest absolute Gasteiger partial charge is 0.408 e. The molecule has 0 aliphatic rings. The molecule has 0 aliphatic carbocycles. The van der Waals surface area contributed by atoms with Gasteiger partial charge in [-0.15, -0.1) is 0 Å². The normalized spacial score (nSPS) is 13.9. The average Bonchev–Trinajstić information content (AvgIpc) is 2.22. The molecule has 0 spiro atoms. The number of hydrogen-bond donors (Lipinski definition) is 2. The lowest BCUT2D eigenvalue weighted by atomic mass is 9.88. The molecule has 0 bridgehead atoms. The maximum absolute atomic E-state index is 11.9. The number of carboxylic acid groups (broad SMARTS) is 1. The second-order valence-electron chi connectivity index (χ2n) is 7.31. The number of amides is 1. The van der Waals surface area contributed by atoms with Crippen LogP contribution >= 0.6 is 0 Å². The molecule has 124 valence electrons. The highest BCUT2D eigenvalue weighted by molar-refractivity contribution is 6.48. The highest BCUT2D eigenvalue weighted by Crippen LogP contribution is 2.21. The maximum Gasteiger partial charge on any atom is 0.408 e. The first-order valence-electron chi connectivity index (χ1n) is 7.16. The van der Waals surface area contributed by atoms with Crippen LogP contribution in [-0.4, -0.2) is 44.5 Å². The van der Waals surface area contributed by atoms with Crippen molar-refractivity contribution in [3.05, 3.63) is 0 Å². The zero-order chi connectivity index (χ0) is 16.8. The van der Waals surface area contributed by atoms with Crippen molar-refractivity contribution in [1.82, 2.24) is 5.32 Å². The van der Waals surface area contributed by atoms with Crippen LogP contribution in [0.15, 0.2) is 0 Å². The summed E-state index contributed by atoms with van der Waals surface area (Å²) >= 11 is 0. The van der Waals surface area contributed by atoms with Crippen molar-refractivity contribution in [3.8, 4) is 0 Å². The van der Waals surface area contributed by atoms with Crippen LogP contribution in [0.1, 0.15) is 41.0 Å². The molecule has 1 amide bonds. The first-order chi connectivity index (χ1) is 9.32. The predicted molar refractivity (Wildman–Crippen MR) is 84.0 cm³/mol. The third kappa shape index (κ3) is 10.3. The summed E-state index contributed by atoms with van der Waals surface area (Å²) in [6, 6.07) is -0.964. The van der Waals surface area contributed by atoms with Crippen LogP contribution in [-0.2, 0) is 14.0 Å². The third-order valence-corrected chi connectivity index (χ3v) is 3.37. The van der Waals surface area contributed by atoms with E-state index in [0.29, 0.717) is 13.0 Å². The molecule has 21 heavy (non-hydrogen) atoms. The molecule has 0 rings (SSSR count). The first-order valence-corrected chi connectivity index (χ1v) is 9.94. The number of carboxylic acids is 1. The molecule has 0 aromatic heterocycles. The number of aliphatic carboxylic acids is 1. The maximum atomic E-state index is 11.9. The van der Waals surface area contributed by atoms with Crippen molar-refractivity contribution in [2.24, 2.45) is 5.41 Å². The second kappa shape index (κ2) is 7.79. The van der Waals surface area contributed by atoms with E-state index in [4.69, 9.17) is 9.16 Å². The Kier molecular flexibility index (Phi) is 7.39. The predicted octanol–water partition coefficient (Wildman–Crippen LogP) is 2.38. The van der Waals surface area contributed by atoms with Crippen LogP contribution in [0, 0.1) is 5.41 Å².